The first-order valence-corrected chi connectivity index (χ1v) is 56.5. The van der Waals surface area contributed by atoms with E-state index in [1.165, 1.54) is 335 Å². The summed E-state index contributed by atoms with van der Waals surface area (Å²) in [4.78, 5) is 139. The van der Waals surface area contributed by atoms with Crippen LogP contribution in [0.5, 0.6) is 0 Å². The number of Topliss-reactive ketones (excluding diaryl/α,β-unsaturated/α-hetero) is 10. The molecule has 0 aromatic rings. The lowest BCUT2D eigenvalue weighted by atomic mass is 10.0. The second-order valence-electron chi connectivity index (χ2n) is 37.9. The van der Waals surface area contributed by atoms with E-state index in [1.807, 2.05) is 25.1 Å². The van der Waals surface area contributed by atoms with Crippen LogP contribution in [0.15, 0.2) is 60.8 Å². The summed E-state index contributed by atoms with van der Waals surface area (Å²) in [5, 5.41) is 1.52. The van der Waals surface area contributed by atoms with Gasteiger partial charge in [0.15, 0.2) is 0 Å². The molecule has 1 N–H and O–H groups in total. The maximum atomic E-state index is 11.0. The van der Waals surface area contributed by atoms with Crippen LogP contribution in [-0.4, -0.2) is 120 Å². The number of nitrogens with one attached hydrogen (secondary N) is 1. The number of hydrogen-bond acceptors (Lipinski definition) is 15. The number of carbonyl (C=O) groups is 13. The molecule has 1 amide bonds. The molecular weight excluding hydrogens is 1760 g/mol. The molecule has 0 rings (SSSR count). The number of allylic oxidation sites excluding steroid dienone is 6. The lowest BCUT2D eigenvalue weighted by Crippen LogP contribution is -2.25. The molecule has 18 heteroatoms. The minimum atomic E-state index is -0.623. The maximum absolute atomic E-state index is 11.0. The van der Waals surface area contributed by atoms with Gasteiger partial charge in [0.05, 0.1) is 6.61 Å². The Kier molecular flexibility index (Phi) is 166. The second kappa shape index (κ2) is 145. The summed E-state index contributed by atoms with van der Waals surface area (Å²) in [6.45, 7) is 46.2. The summed E-state index contributed by atoms with van der Waals surface area (Å²) in [6.07, 6.45) is 96.7. The van der Waals surface area contributed by atoms with Crippen molar-refractivity contribution in [2.45, 2.75) is 594 Å². The van der Waals surface area contributed by atoms with Gasteiger partial charge in [-0.3, -0.25) is 14.4 Å². The fourth-order valence-corrected chi connectivity index (χ4v) is 13.0. The van der Waals surface area contributed by atoms with Gasteiger partial charge in [0.25, 0.3) is 0 Å². The third-order valence-corrected chi connectivity index (χ3v) is 22.3. The molecule has 0 spiro atoms. The predicted molar refractivity (Wildman–Crippen MR) is 602 cm³/mol. The molecule has 16 nitrogen and oxygen atoms in total. The number of amides is 1. The quantitative estimate of drug-likeness (QED) is 0.0257. The van der Waals surface area contributed by atoms with Crippen molar-refractivity contribution in [1.29, 1.82) is 0 Å². The molecule has 0 aliphatic rings. The highest BCUT2D eigenvalue weighted by molar-refractivity contribution is 6.68. The van der Waals surface area contributed by atoms with Crippen molar-refractivity contribution in [3.05, 3.63) is 60.8 Å². The highest BCUT2D eigenvalue weighted by Gasteiger charge is 2.05. The SMILES string of the molecule is C/C(=C\CN(C)C)C(=O)Cl.C=CCCC(C)=O.C=CCCCC(C)=O.CCCCCC(C)=O.CCCCCCC(C)=O.CCCCCCCC(C)=O.CCCCCCCC/C=C\CCCCCCCC(C)=O.CCCCCCCCC(C)=O.CCCCCCCCCC(C)=O.CCCCCCCCCCCC(C)=O.CCCCCCCCCCCCCC(C)=O.COCCNC(=O)/C=C(\C)C(=O)Cl. The molecule has 816 valence electrons. The van der Waals surface area contributed by atoms with Gasteiger partial charge >= 0.3 is 0 Å². The second-order valence-corrected chi connectivity index (χ2v) is 38.5. The Morgan fingerprint density at radius 1 is 0.254 bits per heavy atom. The van der Waals surface area contributed by atoms with E-state index in [4.69, 9.17) is 27.9 Å². The fourth-order valence-electron chi connectivity index (χ4n) is 12.8. The van der Waals surface area contributed by atoms with Crippen molar-refractivity contribution in [2.75, 3.05) is 40.9 Å². The highest BCUT2D eigenvalue weighted by atomic mass is 35.5. The van der Waals surface area contributed by atoms with Crippen molar-refractivity contribution in [2.24, 2.45) is 0 Å². The zero-order valence-corrected chi connectivity index (χ0v) is 96.6. The number of nitrogens with zero attached hydrogens (tertiary/aromatic N) is 1. The number of halogens is 2. The third kappa shape index (κ3) is 213. The predicted octanol–water partition coefficient (Wildman–Crippen LogP) is 36.3. The number of likely N-dealkylation sites (N-methyl/N-ethyl adjacent to an activating group) is 1. The Morgan fingerprint density at radius 2 is 0.442 bits per heavy atom. The molecule has 0 radical (unpaired) electrons. The summed E-state index contributed by atoms with van der Waals surface area (Å²) in [7, 11) is 5.40. The van der Waals surface area contributed by atoms with E-state index >= 15 is 0 Å². The van der Waals surface area contributed by atoms with E-state index in [-0.39, 0.29) is 28.3 Å². The minimum Gasteiger partial charge on any atom is -0.383 e. The monoisotopic (exact) mass is 1990 g/mol. The van der Waals surface area contributed by atoms with Gasteiger partial charge in [-0.25, -0.2) is 0 Å². The summed E-state index contributed by atoms with van der Waals surface area (Å²) in [5.41, 5.74) is 0.826. The number of ether oxygens (including phenoxy) is 1. The van der Waals surface area contributed by atoms with Crippen LogP contribution >= 0.6 is 23.2 Å². The summed E-state index contributed by atoms with van der Waals surface area (Å²) in [5.74, 6) is 2.83. The number of rotatable bonds is 82. The largest absolute Gasteiger partial charge is 0.383 e. The van der Waals surface area contributed by atoms with Crippen molar-refractivity contribution in [3.8, 4) is 0 Å². The van der Waals surface area contributed by atoms with Gasteiger partial charge < -0.3 is 62.9 Å². The molecule has 0 saturated heterocycles. The van der Waals surface area contributed by atoms with Crippen molar-refractivity contribution < 1.29 is 67.1 Å². The topological polar surface area (TPSA) is 246 Å². The van der Waals surface area contributed by atoms with E-state index in [0.29, 0.717) is 77.8 Å². The van der Waals surface area contributed by atoms with Crippen LogP contribution in [0.4, 0.5) is 0 Å². The maximum Gasteiger partial charge on any atom is 0.248 e. The van der Waals surface area contributed by atoms with Crippen LogP contribution in [0.2, 0.25) is 0 Å². The van der Waals surface area contributed by atoms with Crippen molar-refractivity contribution in [1.82, 2.24) is 10.2 Å². The van der Waals surface area contributed by atoms with E-state index in [0.717, 1.165) is 135 Å². The van der Waals surface area contributed by atoms with Crippen LogP contribution in [0.3, 0.4) is 0 Å². The number of hydrogen-bond donors (Lipinski definition) is 1. The fraction of sp³-hybridized carbons (Fsp3) is 0.808. The molecule has 0 aromatic carbocycles. The summed E-state index contributed by atoms with van der Waals surface area (Å²) < 4.78 is 4.72. The molecular formula is C120H228Cl2N2O14. The molecule has 0 heterocycles. The van der Waals surface area contributed by atoms with Gasteiger partial charge in [-0.1, -0.05) is 381 Å². The van der Waals surface area contributed by atoms with Crippen LogP contribution in [-0.2, 0) is 67.1 Å². The van der Waals surface area contributed by atoms with E-state index < -0.39 is 5.24 Å². The Labute approximate surface area is 865 Å². The summed E-state index contributed by atoms with van der Waals surface area (Å²) in [6, 6.07) is 0. The van der Waals surface area contributed by atoms with Gasteiger partial charge in [0.2, 0.25) is 16.4 Å². The van der Waals surface area contributed by atoms with Crippen LogP contribution in [0.1, 0.15) is 594 Å². The van der Waals surface area contributed by atoms with Gasteiger partial charge in [-0.2, -0.15) is 0 Å². The zero-order valence-electron chi connectivity index (χ0n) is 95.1. The van der Waals surface area contributed by atoms with Crippen LogP contribution in [0, 0.1) is 0 Å². The average molecular weight is 1990 g/mol. The molecule has 0 bridgehead atoms. The van der Waals surface area contributed by atoms with E-state index in [9.17, 15) is 62.3 Å². The summed E-state index contributed by atoms with van der Waals surface area (Å²) >= 11 is 10.3. The molecule has 0 fully saturated rings. The van der Waals surface area contributed by atoms with Crippen molar-refractivity contribution >= 4 is 97.4 Å². The third-order valence-electron chi connectivity index (χ3n) is 21.7. The minimum absolute atomic E-state index is 0.219. The molecule has 0 atom stereocenters. The molecule has 0 aromatic heterocycles. The molecule has 0 unspecified atom stereocenters. The van der Waals surface area contributed by atoms with Gasteiger partial charge in [0.1, 0.15) is 57.8 Å². The van der Waals surface area contributed by atoms with E-state index in [2.05, 4.69) is 86.0 Å². The highest BCUT2D eigenvalue weighted by Crippen LogP contribution is 2.17. The van der Waals surface area contributed by atoms with Crippen LogP contribution in [0.25, 0.3) is 0 Å². The van der Waals surface area contributed by atoms with E-state index in [1.54, 1.807) is 88.3 Å². The Hall–Kier alpha value is -5.29. The molecule has 0 aliphatic carbocycles. The Balaban J connectivity index is -0.000000127. The first-order valence-electron chi connectivity index (χ1n) is 55.8. The first-order chi connectivity index (χ1) is 65.8. The Bertz CT molecular complexity index is 2790. The number of methoxy groups -OCH3 is 1. The van der Waals surface area contributed by atoms with Gasteiger partial charge in [0, 0.05) is 102 Å². The molecule has 0 saturated carbocycles. The van der Waals surface area contributed by atoms with Gasteiger partial charge in [-0.15, -0.1) is 13.2 Å². The first kappa shape index (κ1) is 158. The lowest BCUT2D eigenvalue weighted by molar-refractivity contribution is -0.117. The van der Waals surface area contributed by atoms with Crippen molar-refractivity contribution in [3.63, 3.8) is 0 Å². The van der Waals surface area contributed by atoms with Gasteiger partial charge in [-0.05, 0) is 217 Å². The normalized spacial score (nSPS) is 10.3. The molecule has 138 heavy (non-hydrogen) atoms. The standard InChI is InChI=1S/C19H36O.C15H30O.C13H26O.C11H22O.C10H20O.C9H18O.C8H12ClNO3.C8H16O.C7H12ClNO.C7H14O.C7H12O.C6H10O/c1-3-4-5-6-7-8-9-10-11-12-13-14-15-16-17-18-19(2)20;1-3-4-5-6-7-8-9-10-11-12-13-14-15(2)16;1-3-4-5-6-7-8-9-10-11-12-13(2)14;1-3-4-5-6-7-8-9-10-11(2)12;1-3-4-5-6-7-8-9-10(2)11;1-3-4-5-6-7-8-9(2)10;1-6(8(9)12)5-7(11)10-3-4-13-2;1-3-4-5-6-7-8(2)9;1-6(7(8)10)4-5-9(2)3;2*1-3-4-5-6-7(2)8;1-3-4-5-6(2)7/h10-11H,3-9,12-18H2,1-2H3;3-14H2,1-2H3;3-12H2,1-2H3;3-10H2,1-2H3;3-9H2,1-2H3;3-8H2,1-2H3;5H,3-4H2,1-2H3,(H,10,11);3-7H2,1-2H3;4H,5H2,1-3H3;3-6H2,1-2H3;3H,1,4-6H2,2H3;3H,1,4-5H2,2H3/b11-10-;;;;;;6-5+;;6-4+;;;. The average Bonchev–Trinajstić information content (AvgIpc) is 1.01. The number of ketones is 10. The lowest BCUT2D eigenvalue weighted by Gasteiger charge is -2.04. The smallest absolute Gasteiger partial charge is 0.248 e. The molecule has 0 aliphatic heterocycles. The Morgan fingerprint density at radius 3 is 0.630 bits per heavy atom. The number of unbranched alkanes of at least 4 members (excludes halogenated alkanes) is 50. The zero-order chi connectivity index (χ0) is 107. The van der Waals surface area contributed by atoms with Crippen LogP contribution < -0.4 is 5.32 Å². The number of carbonyl (C=O) groups excluding carboxylic acids is 13.